The Labute approximate surface area is 135 Å². The fraction of sp³-hybridized carbons (Fsp3) is 0.944. The fourth-order valence-electron chi connectivity index (χ4n) is 4.78. The summed E-state index contributed by atoms with van der Waals surface area (Å²) in [4.78, 5) is 15.0. The number of nitrogens with zero attached hydrogens (tertiary/aromatic N) is 1. The van der Waals surface area contributed by atoms with Crippen LogP contribution >= 0.6 is 0 Å². The van der Waals surface area contributed by atoms with Gasteiger partial charge in [-0.05, 0) is 51.0 Å². The SMILES string of the molecule is CCC1CCCCN1CCNC(=O)C1CC2CCCCC2N1. The smallest absolute Gasteiger partial charge is 0.237 e. The van der Waals surface area contributed by atoms with Crippen molar-refractivity contribution in [3.05, 3.63) is 0 Å². The zero-order chi connectivity index (χ0) is 15.4. The molecule has 4 unspecified atom stereocenters. The fourth-order valence-corrected chi connectivity index (χ4v) is 4.78. The second-order valence-corrected chi connectivity index (χ2v) is 7.49. The average Bonchev–Trinajstić information content (AvgIpc) is 2.99. The van der Waals surface area contributed by atoms with Crippen molar-refractivity contribution in [2.75, 3.05) is 19.6 Å². The lowest BCUT2D eigenvalue weighted by atomic mass is 9.85. The van der Waals surface area contributed by atoms with E-state index in [0.29, 0.717) is 6.04 Å². The molecule has 2 saturated heterocycles. The number of hydrogen-bond donors (Lipinski definition) is 2. The van der Waals surface area contributed by atoms with Crippen molar-refractivity contribution < 1.29 is 4.79 Å². The summed E-state index contributed by atoms with van der Waals surface area (Å²) >= 11 is 0. The highest BCUT2D eigenvalue weighted by molar-refractivity contribution is 5.82. The summed E-state index contributed by atoms with van der Waals surface area (Å²) in [6, 6.07) is 1.41. The van der Waals surface area contributed by atoms with Crippen molar-refractivity contribution >= 4 is 5.91 Å². The molecule has 3 rings (SSSR count). The molecular weight excluding hydrogens is 274 g/mol. The van der Waals surface area contributed by atoms with Crippen LogP contribution < -0.4 is 10.6 Å². The van der Waals surface area contributed by atoms with E-state index >= 15 is 0 Å². The highest BCUT2D eigenvalue weighted by Crippen LogP contribution is 2.33. The van der Waals surface area contributed by atoms with Crippen molar-refractivity contribution in [2.45, 2.75) is 82.8 Å². The molecule has 4 heteroatoms. The summed E-state index contributed by atoms with van der Waals surface area (Å²) in [6.07, 6.45) is 11.6. The van der Waals surface area contributed by atoms with Gasteiger partial charge in [-0.1, -0.05) is 26.2 Å². The molecule has 1 amide bonds. The Morgan fingerprint density at radius 1 is 1.18 bits per heavy atom. The highest BCUT2D eigenvalue weighted by atomic mass is 16.2. The Kier molecular flexibility index (Phi) is 5.75. The number of hydrogen-bond acceptors (Lipinski definition) is 3. The van der Waals surface area contributed by atoms with Gasteiger partial charge in [0.1, 0.15) is 0 Å². The summed E-state index contributed by atoms with van der Waals surface area (Å²) in [5.74, 6) is 0.982. The summed E-state index contributed by atoms with van der Waals surface area (Å²) in [6.45, 7) is 5.32. The number of nitrogens with one attached hydrogen (secondary N) is 2. The van der Waals surface area contributed by atoms with E-state index in [2.05, 4.69) is 22.5 Å². The van der Waals surface area contributed by atoms with Crippen LogP contribution in [0.25, 0.3) is 0 Å². The van der Waals surface area contributed by atoms with Crippen LogP contribution in [0.5, 0.6) is 0 Å². The number of rotatable bonds is 5. The van der Waals surface area contributed by atoms with Crippen molar-refractivity contribution in [2.24, 2.45) is 5.92 Å². The maximum atomic E-state index is 12.4. The maximum absolute atomic E-state index is 12.4. The second-order valence-electron chi connectivity index (χ2n) is 7.49. The van der Waals surface area contributed by atoms with E-state index in [9.17, 15) is 4.79 Å². The largest absolute Gasteiger partial charge is 0.353 e. The molecule has 126 valence electrons. The van der Waals surface area contributed by atoms with Gasteiger partial charge in [-0.2, -0.15) is 0 Å². The number of carbonyl (C=O) groups excluding carboxylic acids is 1. The van der Waals surface area contributed by atoms with Crippen LogP contribution in [0.1, 0.15) is 64.7 Å². The maximum Gasteiger partial charge on any atom is 0.237 e. The van der Waals surface area contributed by atoms with Gasteiger partial charge in [-0.15, -0.1) is 0 Å². The summed E-state index contributed by atoms with van der Waals surface area (Å²) in [5, 5.41) is 6.76. The second kappa shape index (κ2) is 7.78. The molecule has 1 aliphatic carbocycles. The van der Waals surface area contributed by atoms with Gasteiger partial charge in [-0.25, -0.2) is 0 Å². The third kappa shape index (κ3) is 3.83. The highest BCUT2D eigenvalue weighted by Gasteiger charge is 2.38. The minimum Gasteiger partial charge on any atom is -0.353 e. The molecule has 2 N–H and O–H groups in total. The third-order valence-corrected chi connectivity index (χ3v) is 6.10. The molecule has 0 bridgehead atoms. The average molecular weight is 307 g/mol. The number of likely N-dealkylation sites (tertiary alicyclic amines) is 1. The first-order valence-electron chi connectivity index (χ1n) is 9.55. The third-order valence-electron chi connectivity index (χ3n) is 6.10. The molecule has 0 spiro atoms. The van der Waals surface area contributed by atoms with Crippen LogP contribution in [-0.4, -0.2) is 48.6 Å². The molecule has 1 saturated carbocycles. The molecular formula is C18H33N3O. The van der Waals surface area contributed by atoms with Crippen LogP contribution in [-0.2, 0) is 4.79 Å². The predicted octanol–water partition coefficient (Wildman–Crippen LogP) is 2.29. The zero-order valence-corrected chi connectivity index (χ0v) is 14.2. The van der Waals surface area contributed by atoms with E-state index in [0.717, 1.165) is 31.5 Å². The molecule has 3 aliphatic rings. The van der Waals surface area contributed by atoms with Crippen LogP contribution in [0.2, 0.25) is 0 Å². The Morgan fingerprint density at radius 2 is 2.00 bits per heavy atom. The molecule has 22 heavy (non-hydrogen) atoms. The van der Waals surface area contributed by atoms with Gasteiger partial charge >= 0.3 is 0 Å². The topological polar surface area (TPSA) is 44.4 Å². The first-order chi connectivity index (χ1) is 10.8. The van der Waals surface area contributed by atoms with Gasteiger partial charge in [0.05, 0.1) is 6.04 Å². The molecule has 0 radical (unpaired) electrons. The lowest BCUT2D eigenvalue weighted by molar-refractivity contribution is -0.123. The van der Waals surface area contributed by atoms with E-state index in [1.54, 1.807) is 0 Å². The Hall–Kier alpha value is -0.610. The molecule has 2 aliphatic heterocycles. The van der Waals surface area contributed by atoms with E-state index in [-0.39, 0.29) is 11.9 Å². The van der Waals surface area contributed by atoms with E-state index in [1.165, 1.54) is 57.9 Å². The minimum atomic E-state index is 0.0661. The Morgan fingerprint density at radius 3 is 2.82 bits per heavy atom. The molecule has 3 fully saturated rings. The van der Waals surface area contributed by atoms with E-state index in [4.69, 9.17) is 0 Å². The van der Waals surface area contributed by atoms with Gasteiger partial charge < -0.3 is 10.6 Å². The monoisotopic (exact) mass is 307 g/mol. The van der Waals surface area contributed by atoms with Crippen LogP contribution in [0.3, 0.4) is 0 Å². The minimum absolute atomic E-state index is 0.0661. The van der Waals surface area contributed by atoms with Crippen molar-refractivity contribution in [1.82, 2.24) is 15.5 Å². The standard InChI is InChI=1S/C18H33N3O/c1-2-15-8-5-6-11-21(15)12-10-19-18(22)17-13-14-7-3-4-9-16(14)20-17/h14-17,20H,2-13H2,1H3,(H,19,22). The zero-order valence-electron chi connectivity index (χ0n) is 14.2. The molecule has 4 nitrogen and oxygen atoms in total. The molecule has 0 aromatic heterocycles. The van der Waals surface area contributed by atoms with Crippen LogP contribution in [0.4, 0.5) is 0 Å². The van der Waals surface area contributed by atoms with Gasteiger partial charge in [0.15, 0.2) is 0 Å². The molecule has 0 aromatic carbocycles. The number of fused-ring (bicyclic) bond motifs is 1. The first-order valence-corrected chi connectivity index (χ1v) is 9.55. The van der Waals surface area contributed by atoms with Gasteiger partial charge in [-0.3, -0.25) is 9.69 Å². The normalized spacial score (nSPS) is 36.0. The van der Waals surface area contributed by atoms with Crippen molar-refractivity contribution in [3.63, 3.8) is 0 Å². The number of carbonyl (C=O) groups is 1. The van der Waals surface area contributed by atoms with Gasteiger partial charge in [0.25, 0.3) is 0 Å². The lowest BCUT2D eigenvalue weighted by Crippen LogP contribution is -2.47. The number of piperidine rings is 1. The van der Waals surface area contributed by atoms with E-state index < -0.39 is 0 Å². The molecule has 0 aromatic rings. The van der Waals surface area contributed by atoms with Gasteiger partial charge in [0, 0.05) is 25.2 Å². The first kappa shape index (κ1) is 16.3. The van der Waals surface area contributed by atoms with Gasteiger partial charge in [0.2, 0.25) is 5.91 Å². The molecule has 4 atom stereocenters. The van der Waals surface area contributed by atoms with E-state index in [1.807, 2.05) is 0 Å². The summed E-state index contributed by atoms with van der Waals surface area (Å²) < 4.78 is 0. The quantitative estimate of drug-likeness (QED) is 0.819. The number of amides is 1. The summed E-state index contributed by atoms with van der Waals surface area (Å²) in [7, 11) is 0. The van der Waals surface area contributed by atoms with Crippen LogP contribution in [0, 0.1) is 5.92 Å². The summed E-state index contributed by atoms with van der Waals surface area (Å²) in [5.41, 5.74) is 0. The Balaban J connectivity index is 1.39. The van der Waals surface area contributed by atoms with Crippen LogP contribution in [0.15, 0.2) is 0 Å². The Bertz CT molecular complexity index is 359. The van der Waals surface area contributed by atoms with Crippen molar-refractivity contribution in [3.8, 4) is 0 Å². The van der Waals surface area contributed by atoms with Crippen molar-refractivity contribution in [1.29, 1.82) is 0 Å². The molecule has 2 heterocycles. The predicted molar refractivity (Wildman–Crippen MR) is 89.8 cm³/mol. The lowest BCUT2D eigenvalue weighted by Gasteiger charge is -2.35.